The first-order valence-electron chi connectivity index (χ1n) is 9.82. The van der Waals surface area contributed by atoms with Crippen molar-refractivity contribution in [1.82, 2.24) is 0 Å². The van der Waals surface area contributed by atoms with Crippen LogP contribution in [0.15, 0.2) is 83.5 Å². The van der Waals surface area contributed by atoms with Crippen LogP contribution in [0.2, 0.25) is 0 Å². The smallest absolute Gasteiger partial charge is 0.310 e. The summed E-state index contributed by atoms with van der Waals surface area (Å²) in [6, 6.07) is 22.1. The monoisotopic (exact) mass is 415 g/mol. The van der Waals surface area contributed by atoms with Gasteiger partial charge in [0.15, 0.2) is 6.61 Å². The average molecular weight is 415 g/mol. The molecule has 156 valence electrons. The van der Waals surface area contributed by atoms with E-state index >= 15 is 0 Å². The molecule has 6 heteroatoms. The molecule has 0 aliphatic rings. The zero-order valence-corrected chi connectivity index (χ0v) is 17.0. The van der Waals surface area contributed by atoms with E-state index in [1.807, 2.05) is 55.5 Å². The quantitative estimate of drug-likeness (QED) is 0.417. The topological polar surface area (TPSA) is 77.8 Å². The highest BCUT2D eigenvalue weighted by Crippen LogP contribution is 2.24. The van der Waals surface area contributed by atoms with Crippen molar-refractivity contribution in [2.75, 3.05) is 11.9 Å². The van der Waals surface area contributed by atoms with Crippen molar-refractivity contribution >= 4 is 28.5 Å². The fraction of sp³-hybridized carbons (Fsp3) is 0.120. The van der Waals surface area contributed by atoms with Gasteiger partial charge in [-0.25, -0.2) is 0 Å². The van der Waals surface area contributed by atoms with Crippen molar-refractivity contribution in [2.45, 2.75) is 13.3 Å². The van der Waals surface area contributed by atoms with Crippen LogP contribution in [0, 0.1) is 6.92 Å². The first kappa shape index (κ1) is 20.2. The Morgan fingerprint density at radius 3 is 2.45 bits per heavy atom. The van der Waals surface area contributed by atoms with Crippen molar-refractivity contribution in [3.63, 3.8) is 0 Å². The second kappa shape index (κ2) is 9.17. The summed E-state index contributed by atoms with van der Waals surface area (Å²) in [5, 5.41) is 3.56. The summed E-state index contributed by atoms with van der Waals surface area (Å²) in [6.45, 7) is 1.61. The van der Waals surface area contributed by atoms with E-state index in [0.29, 0.717) is 11.4 Å². The lowest BCUT2D eigenvalue weighted by atomic mass is 10.1. The van der Waals surface area contributed by atoms with Gasteiger partial charge in [0.05, 0.1) is 12.7 Å². The number of fused-ring (bicyclic) bond motifs is 1. The number of para-hydroxylation sites is 1. The SMILES string of the molecule is Cc1ccc2c(CC(=O)OCC(=O)Nc3ccc(Oc4ccccc4)cc3)coc2c1. The van der Waals surface area contributed by atoms with Crippen LogP contribution in [0.3, 0.4) is 0 Å². The number of carbonyl (C=O) groups is 2. The largest absolute Gasteiger partial charge is 0.464 e. The van der Waals surface area contributed by atoms with E-state index in [9.17, 15) is 9.59 Å². The number of furan rings is 1. The second-order valence-electron chi connectivity index (χ2n) is 7.09. The number of hydrogen-bond acceptors (Lipinski definition) is 5. The summed E-state index contributed by atoms with van der Waals surface area (Å²) in [4.78, 5) is 24.2. The molecule has 1 aromatic heterocycles. The van der Waals surface area contributed by atoms with Gasteiger partial charge in [-0.05, 0) is 55.0 Å². The number of anilines is 1. The van der Waals surface area contributed by atoms with Crippen LogP contribution in [-0.2, 0) is 20.7 Å². The van der Waals surface area contributed by atoms with Crippen LogP contribution in [0.1, 0.15) is 11.1 Å². The molecule has 0 bridgehead atoms. The highest BCUT2D eigenvalue weighted by molar-refractivity contribution is 5.93. The molecule has 31 heavy (non-hydrogen) atoms. The van der Waals surface area contributed by atoms with E-state index in [4.69, 9.17) is 13.9 Å². The van der Waals surface area contributed by atoms with Gasteiger partial charge in [-0.1, -0.05) is 30.3 Å². The number of rotatable bonds is 7. The third-order valence-electron chi connectivity index (χ3n) is 4.63. The standard InChI is InChI=1S/C25H21NO5/c1-17-7-12-22-18(15-29-23(22)13-17)14-25(28)30-16-24(27)26-19-8-10-21(11-9-19)31-20-5-3-2-4-6-20/h2-13,15H,14,16H2,1H3,(H,26,27). The molecule has 4 aromatic rings. The lowest BCUT2D eigenvalue weighted by Gasteiger charge is -2.08. The van der Waals surface area contributed by atoms with Crippen molar-refractivity contribution in [2.24, 2.45) is 0 Å². The minimum atomic E-state index is -0.495. The Morgan fingerprint density at radius 1 is 0.935 bits per heavy atom. The molecular weight excluding hydrogens is 394 g/mol. The summed E-state index contributed by atoms with van der Waals surface area (Å²) < 4.78 is 16.3. The molecule has 3 aromatic carbocycles. The van der Waals surface area contributed by atoms with Crippen LogP contribution >= 0.6 is 0 Å². The number of amides is 1. The molecule has 1 heterocycles. The molecule has 0 atom stereocenters. The van der Waals surface area contributed by atoms with E-state index in [2.05, 4.69) is 5.32 Å². The van der Waals surface area contributed by atoms with E-state index in [1.165, 1.54) is 0 Å². The molecular formula is C25H21NO5. The zero-order valence-electron chi connectivity index (χ0n) is 17.0. The minimum absolute atomic E-state index is 0.0366. The number of carbonyl (C=O) groups excluding carboxylic acids is 2. The van der Waals surface area contributed by atoms with Crippen molar-refractivity contribution < 1.29 is 23.5 Å². The van der Waals surface area contributed by atoms with Gasteiger partial charge < -0.3 is 19.2 Å². The highest BCUT2D eigenvalue weighted by Gasteiger charge is 2.13. The minimum Gasteiger partial charge on any atom is -0.464 e. The highest BCUT2D eigenvalue weighted by atomic mass is 16.5. The van der Waals surface area contributed by atoms with Gasteiger partial charge in [0.25, 0.3) is 5.91 Å². The van der Waals surface area contributed by atoms with Gasteiger partial charge in [-0.2, -0.15) is 0 Å². The Hall–Kier alpha value is -4.06. The molecule has 0 radical (unpaired) electrons. The van der Waals surface area contributed by atoms with Gasteiger partial charge in [0.1, 0.15) is 17.1 Å². The fourth-order valence-electron chi connectivity index (χ4n) is 3.11. The molecule has 0 saturated heterocycles. The van der Waals surface area contributed by atoms with E-state index < -0.39 is 11.9 Å². The number of hydrogen-bond donors (Lipinski definition) is 1. The van der Waals surface area contributed by atoms with Crippen LogP contribution in [0.5, 0.6) is 11.5 Å². The van der Waals surface area contributed by atoms with Crippen molar-refractivity contribution in [1.29, 1.82) is 0 Å². The Bertz CT molecular complexity index is 1200. The Morgan fingerprint density at radius 2 is 1.68 bits per heavy atom. The lowest BCUT2D eigenvalue weighted by Crippen LogP contribution is -2.21. The molecule has 1 N–H and O–H groups in total. The predicted molar refractivity (Wildman–Crippen MR) is 117 cm³/mol. The van der Waals surface area contributed by atoms with Crippen LogP contribution in [0.25, 0.3) is 11.0 Å². The van der Waals surface area contributed by atoms with E-state index in [0.717, 1.165) is 27.8 Å². The number of benzene rings is 3. The van der Waals surface area contributed by atoms with Crippen molar-refractivity contribution in [3.05, 3.63) is 90.2 Å². The average Bonchev–Trinajstić information content (AvgIpc) is 3.16. The summed E-state index contributed by atoms with van der Waals surface area (Å²) in [6.07, 6.45) is 1.58. The summed E-state index contributed by atoms with van der Waals surface area (Å²) in [7, 11) is 0. The van der Waals surface area contributed by atoms with Gasteiger partial charge in [0.2, 0.25) is 0 Å². The molecule has 0 unspecified atom stereocenters. The number of ether oxygens (including phenoxy) is 2. The predicted octanol–water partition coefficient (Wildman–Crippen LogP) is 5.26. The molecule has 0 aliphatic heterocycles. The molecule has 0 aliphatic carbocycles. The molecule has 0 saturated carbocycles. The second-order valence-corrected chi connectivity index (χ2v) is 7.09. The number of esters is 1. The summed E-state index contributed by atoms with van der Waals surface area (Å²) >= 11 is 0. The zero-order chi connectivity index (χ0) is 21.6. The maximum absolute atomic E-state index is 12.1. The van der Waals surface area contributed by atoms with Crippen LogP contribution < -0.4 is 10.1 Å². The number of aryl methyl sites for hydroxylation is 1. The molecule has 6 nitrogen and oxygen atoms in total. The van der Waals surface area contributed by atoms with E-state index in [-0.39, 0.29) is 13.0 Å². The maximum Gasteiger partial charge on any atom is 0.310 e. The Balaban J connectivity index is 1.26. The lowest BCUT2D eigenvalue weighted by molar-refractivity contribution is -0.146. The van der Waals surface area contributed by atoms with Crippen LogP contribution in [-0.4, -0.2) is 18.5 Å². The summed E-state index contributed by atoms with van der Waals surface area (Å²) in [5.41, 5.74) is 3.11. The fourth-order valence-corrected chi connectivity index (χ4v) is 3.11. The maximum atomic E-state index is 12.1. The Labute approximate surface area is 179 Å². The van der Waals surface area contributed by atoms with Crippen LogP contribution in [0.4, 0.5) is 5.69 Å². The van der Waals surface area contributed by atoms with E-state index in [1.54, 1.807) is 30.5 Å². The van der Waals surface area contributed by atoms with Gasteiger partial charge in [0, 0.05) is 16.6 Å². The number of nitrogens with one attached hydrogen (secondary N) is 1. The third-order valence-corrected chi connectivity index (χ3v) is 4.63. The Kier molecular flexibility index (Phi) is 5.98. The normalized spacial score (nSPS) is 10.6. The molecule has 0 fully saturated rings. The van der Waals surface area contributed by atoms with Gasteiger partial charge >= 0.3 is 5.97 Å². The first-order chi connectivity index (χ1) is 15.1. The van der Waals surface area contributed by atoms with Crippen molar-refractivity contribution in [3.8, 4) is 11.5 Å². The molecule has 0 spiro atoms. The third kappa shape index (κ3) is 5.30. The van der Waals surface area contributed by atoms with Gasteiger partial charge in [-0.3, -0.25) is 9.59 Å². The van der Waals surface area contributed by atoms with Gasteiger partial charge in [-0.15, -0.1) is 0 Å². The molecule has 4 rings (SSSR count). The molecule has 1 amide bonds. The first-order valence-corrected chi connectivity index (χ1v) is 9.82. The summed E-state index contributed by atoms with van der Waals surface area (Å²) in [5.74, 6) is 0.465.